The summed E-state index contributed by atoms with van der Waals surface area (Å²) in [5.41, 5.74) is 0.794. The van der Waals surface area contributed by atoms with Gasteiger partial charge >= 0.3 is 6.18 Å². The van der Waals surface area contributed by atoms with Crippen LogP contribution in [-0.4, -0.2) is 53.9 Å². The first-order valence-corrected chi connectivity index (χ1v) is 11.3. The van der Waals surface area contributed by atoms with E-state index in [9.17, 15) is 22.8 Å². The molecular formula is C25H31F3N4O2. The van der Waals surface area contributed by atoms with E-state index in [1.807, 2.05) is 17.0 Å². The smallest absolute Gasteiger partial charge is 0.355 e. The molecule has 1 aliphatic rings. The van der Waals surface area contributed by atoms with Crippen molar-refractivity contribution in [1.82, 2.24) is 15.2 Å². The number of carbonyl (C=O) groups is 2. The van der Waals surface area contributed by atoms with E-state index in [-0.39, 0.29) is 17.2 Å². The van der Waals surface area contributed by atoms with Crippen molar-refractivity contribution in [1.29, 1.82) is 0 Å². The lowest BCUT2D eigenvalue weighted by Gasteiger charge is -2.25. The zero-order chi connectivity index (χ0) is 25.1. The summed E-state index contributed by atoms with van der Waals surface area (Å²) in [5, 5.41) is 2.77. The Balaban J connectivity index is 1.57. The number of hydrogen-bond acceptors (Lipinski definition) is 4. The number of halogens is 3. The van der Waals surface area contributed by atoms with Crippen LogP contribution in [0.15, 0.2) is 42.6 Å². The van der Waals surface area contributed by atoms with Gasteiger partial charge in [-0.2, -0.15) is 13.2 Å². The van der Waals surface area contributed by atoms with Gasteiger partial charge in [-0.3, -0.25) is 9.59 Å². The standard InChI is InChI=1S/C25H31F3N4O2/c1-17(30-22(33)18-6-8-19(9-7-18)24(2,3)4)23(34)32-13-5-12-31(14-15-32)21-11-10-20(16-29-21)25(26,27)28/h6-11,16-17H,5,12-15H2,1-4H3,(H,30,33). The van der Waals surface area contributed by atoms with Gasteiger partial charge in [0.1, 0.15) is 11.9 Å². The maximum atomic E-state index is 13.0. The van der Waals surface area contributed by atoms with Crippen LogP contribution in [-0.2, 0) is 16.4 Å². The second-order valence-electron chi connectivity index (χ2n) is 9.59. The summed E-state index contributed by atoms with van der Waals surface area (Å²) in [5.74, 6) is -0.0593. The van der Waals surface area contributed by atoms with E-state index in [1.54, 1.807) is 24.0 Å². The molecule has 0 radical (unpaired) electrons. The molecule has 1 saturated heterocycles. The molecule has 2 aromatic rings. The summed E-state index contributed by atoms with van der Waals surface area (Å²) in [4.78, 5) is 33.1. The van der Waals surface area contributed by atoms with Gasteiger partial charge in [0, 0.05) is 37.9 Å². The quantitative estimate of drug-likeness (QED) is 0.717. The number of rotatable bonds is 4. The van der Waals surface area contributed by atoms with Crippen LogP contribution in [0.2, 0.25) is 0 Å². The number of nitrogens with zero attached hydrogens (tertiary/aromatic N) is 3. The Hall–Kier alpha value is -3.10. The highest BCUT2D eigenvalue weighted by Gasteiger charge is 2.31. The van der Waals surface area contributed by atoms with Crippen LogP contribution in [0.25, 0.3) is 0 Å². The first kappa shape index (κ1) is 25.5. The number of aromatic nitrogens is 1. The predicted molar refractivity (Wildman–Crippen MR) is 125 cm³/mol. The van der Waals surface area contributed by atoms with Crippen molar-refractivity contribution in [2.45, 2.75) is 51.7 Å². The van der Waals surface area contributed by atoms with E-state index in [0.717, 1.165) is 17.8 Å². The van der Waals surface area contributed by atoms with E-state index in [2.05, 4.69) is 31.1 Å². The topological polar surface area (TPSA) is 65.5 Å². The zero-order valence-electron chi connectivity index (χ0n) is 19.9. The Morgan fingerprint density at radius 2 is 1.59 bits per heavy atom. The lowest BCUT2D eigenvalue weighted by atomic mass is 9.86. The number of carbonyl (C=O) groups excluding carboxylic acids is 2. The first-order chi connectivity index (χ1) is 15.9. The van der Waals surface area contributed by atoms with E-state index in [4.69, 9.17) is 0 Å². The fourth-order valence-electron chi connectivity index (χ4n) is 3.84. The number of alkyl halides is 3. The molecule has 2 amide bonds. The van der Waals surface area contributed by atoms with Crippen LogP contribution in [0.5, 0.6) is 0 Å². The molecule has 0 spiro atoms. The molecule has 0 aliphatic carbocycles. The Bertz CT molecular complexity index is 999. The molecule has 1 aromatic carbocycles. The summed E-state index contributed by atoms with van der Waals surface area (Å²) < 4.78 is 38.3. The fraction of sp³-hybridized carbons (Fsp3) is 0.480. The Labute approximate surface area is 198 Å². The minimum absolute atomic E-state index is 0.0190. The van der Waals surface area contributed by atoms with Crippen molar-refractivity contribution in [2.75, 3.05) is 31.1 Å². The SMILES string of the molecule is CC(NC(=O)c1ccc(C(C)(C)C)cc1)C(=O)N1CCCN(c2ccc(C(F)(F)F)cn2)CC1. The summed E-state index contributed by atoms with van der Waals surface area (Å²) in [6, 6.07) is 9.02. The molecule has 3 rings (SSSR count). The van der Waals surface area contributed by atoms with Crippen LogP contribution in [0.3, 0.4) is 0 Å². The molecule has 6 nitrogen and oxygen atoms in total. The molecule has 1 fully saturated rings. The molecule has 9 heteroatoms. The van der Waals surface area contributed by atoms with Gasteiger partial charge in [0.2, 0.25) is 5.91 Å². The molecule has 0 saturated carbocycles. The van der Waals surface area contributed by atoms with Crippen LogP contribution < -0.4 is 10.2 Å². The Morgan fingerprint density at radius 1 is 0.941 bits per heavy atom. The monoisotopic (exact) mass is 476 g/mol. The number of anilines is 1. The van der Waals surface area contributed by atoms with Gasteiger partial charge in [0.15, 0.2) is 0 Å². The molecule has 1 atom stereocenters. The van der Waals surface area contributed by atoms with Crippen molar-refractivity contribution < 1.29 is 22.8 Å². The number of nitrogens with one attached hydrogen (secondary N) is 1. The van der Waals surface area contributed by atoms with Crippen molar-refractivity contribution in [3.05, 3.63) is 59.3 Å². The average Bonchev–Trinajstić information content (AvgIpc) is 3.04. The highest BCUT2D eigenvalue weighted by Crippen LogP contribution is 2.29. The summed E-state index contributed by atoms with van der Waals surface area (Å²) in [7, 11) is 0. The maximum Gasteiger partial charge on any atom is 0.417 e. The van der Waals surface area contributed by atoms with Gasteiger partial charge < -0.3 is 15.1 Å². The largest absolute Gasteiger partial charge is 0.417 e. The van der Waals surface area contributed by atoms with E-state index in [1.165, 1.54) is 6.07 Å². The van der Waals surface area contributed by atoms with Crippen molar-refractivity contribution in [3.8, 4) is 0 Å². The maximum absolute atomic E-state index is 13.0. The highest BCUT2D eigenvalue weighted by molar-refractivity contribution is 5.97. The van der Waals surface area contributed by atoms with E-state index >= 15 is 0 Å². The molecule has 1 unspecified atom stereocenters. The molecule has 1 aliphatic heterocycles. The first-order valence-electron chi connectivity index (χ1n) is 11.3. The van der Waals surface area contributed by atoms with Crippen molar-refractivity contribution in [2.24, 2.45) is 0 Å². The van der Waals surface area contributed by atoms with Crippen LogP contribution in [0, 0.1) is 0 Å². The third kappa shape index (κ3) is 6.27. The summed E-state index contributed by atoms with van der Waals surface area (Å²) in [6.07, 6.45) is -2.96. The number of pyridine rings is 1. The van der Waals surface area contributed by atoms with Gasteiger partial charge in [-0.15, -0.1) is 0 Å². The van der Waals surface area contributed by atoms with Gasteiger partial charge in [0.25, 0.3) is 5.91 Å². The van der Waals surface area contributed by atoms with E-state index in [0.29, 0.717) is 44.0 Å². The molecule has 0 bridgehead atoms. The van der Waals surface area contributed by atoms with E-state index < -0.39 is 17.8 Å². The second kappa shape index (κ2) is 10.0. The minimum atomic E-state index is -4.43. The van der Waals surface area contributed by atoms with Gasteiger partial charge in [-0.05, 0) is 48.6 Å². The van der Waals surface area contributed by atoms with Crippen LogP contribution >= 0.6 is 0 Å². The normalized spacial score (nSPS) is 16.1. The van der Waals surface area contributed by atoms with Gasteiger partial charge in [-0.25, -0.2) is 4.98 Å². The number of benzene rings is 1. The minimum Gasteiger partial charge on any atom is -0.355 e. The average molecular weight is 477 g/mol. The Kier molecular flexibility index (Phi) is 7.53. The highest BCUT2D eigenvalue weighted by atomic mass is 19.4. The van der Waals surface area contributed by atoms with Crippen molar-refractivity contribution >= 4 is 17.6 Å². The number of amides is 2. The lowest BCUT2D eigenvalue weighted by molar-refractivity contribution is -0.137. The second-order valence-corrected chi connectivity index (χ2v) is 9.59. The molecule has 2 heterocycles. The van der Waals surface area contributed by atoms with Gasteiger partial charge in [0.05, 0.1) is 5.56 Å². The zero-order valence-corrected chi connectivity index (χ0v) is 19.9. The van der Waals surface area contributed by atoms with Crippen LogP contribution in [0.4, 0.5) is 19.0 Å². The summed E-state index contributed by atoms with van der Waals surface area (Å²) in [6.45, 7) is 9.85. The Morgan fingerprint density at radius 3 is 2.15 bits per heavy atom. The van der Waals surface area contributed by atoms with Crippen molar-refractivity contribution in [3.63, 3.8) is 0 Å². The van der Waals surface area contributed by atoms with Gasteiger partial charge in [-0.1, -0.05) is 32.9 Å². The molecular weight excluding hydrogens is 445 g/mol. The van der Waals surface area contributed by atoms with Crippen LogP contribution in [0.1, 0.15) is 55.6 Å². The molecule has 34 heavy (non-hydrogen) atoms. The third-order valence-electron chi connectivity index (χ3n) is 5.94. The lowest BCUT2D eigenvalue weighted by Crippen LogP contribution is -2.48. The third-order valence-corrected chi connectivity index (χ3v) is 5.94. The molecule has 1 aromatic heterocycles. The predicted octanol–water partition coefficient (Wildman–Crippen LogP) is 4.26. The fourth-order valence-corrected chi connectivity index (χ4v) is 3.84. The number of hydrogen-bond donors (Lipinski definition) is 1. The summed E-state index contributed by atoms with van der Waals surface area (Å²) >= 11 is 0. The molecule has 184 valence electrons. The molecule has 1 N–H and O–H groups in total.